The molecule has 0 unspecified atom stereocenters. The van der Waals surface area contributed by atoms with Crippen molar-refractivity contribution < 1.29 is 72.4 Å². The zero-order chi connectivity index (χ0) is 32.9. The van der Waals surface area contributed by atoms with Crippen LogP contribution in [-0.4, -0.2) is 90.5 Å². The van der Waals surface area contributed by atoms with Crippen molar-refractivity contribution in [2.75, 3.05) is 78.9 Å². The lowest BCUT2D eigenvalue weighted by Crippen LogP contribution is -2.53. The SMILES string of the molecule is [NH3+]CCOc1cc(/C=C/C(=O)CC(=O)/C=C/c2cc(OCC[NH3+])c(OCC[NH3+])c(OCC[NH3+])c2)cc(OCC[NH3+])c1OCC[NH3+]. The van der Waals surface area contributed by atoms with Gasteiger partial charge in [0.1, 0.15) is 78.9 Å². The maximum atomic E-state index is 12.7. The van der Waals surface area contributed by atoms with Crippen LogP contribution in [0.3, 0.4) is 0 Å². The molecule has 0 amide bonds. The molecule has 0 aromatic heterocycles. The van der Waals surface area contributed by atoms with Gasteiger partial charge >= 0.3 is 0 Å². The molecule has 0 bridgehead atoms. The number of benzene rings is 2. The number of rotatable bonds is 24. The van der Waals surface area contributed by atoms with E-state index in [1.165, 1.54) is 12.2 Å². The van der Waals surface area contributed by atoms with Gasteiger partial charge in [0, 0.05) is 0 Å². The summed E-state index contributed by atoms with van der Waals surface area (Å²) in [6, 6.07) is 7.01. The molecular weight excluding hydrogens is 584 g/mol. The van der Waals surface area contributed by atoms with Crippen molar-refractivity contribution in [2.24, 2.45) is 0 Å². The summed E-state index contributed by atoms with van der Waals surface area (Å²) >= 11 is 0. The summed E-state index contributed by atoms with van der Waals surface area (Å²) in [4.78, 5) is 25.4. The number of ether oxygens (including phenoxy) is 6. The fourth-order valence-corrected chi connectivity index (χ4v) is 3.84. The Labute approximate surface area is 263 Å². The van der Waals surface area contributed by atoms with Crippen LogP contribution in [-0.2, 0) is 9.59 Å². The molecule has 0 saturated carbocycles. The first-order valence-electron chi connectivity index (χ1n) is 15.2. The van der Waals surface area contributed by atoms with Gasteiger partial charge < -0.3 is 62.8 Å². The van der Waals surface area contributed by atoms with Gasteiger partial charge in [-0.2, -0.15) is 0 Å². The minimum atomic E-state index is -0.363. The lowest BCUT2D eigenvalue weighted by Gasteiger charge is -2.16. The summed E-state index contributed by atoms with van der Waals surface area (Å²) in [5.74, 6) is 2.09. The molecule has 2 rings (SSSR count). The first-order chi connectivity index (χ1) is 21.9. The summed E-state index contributed by atoms with van der Waals surface area (Å²) in [7, 11) is 0. The van der Waals surface area contributed by atoms with Crippen LogP contribution in [0.4, 0.5) is 0 Å². The zero-order valence-electron chi connectivity index (χ0n) is 26.3. The molecule has 2 aromatic rings. The molecule has 0 spiro atoms. The number of ketones is 2. The van der Waals surface area contributed by atoms with E-state index in [0.717, 1.165) is 0 Å². The molecule has 0 aliphatic carbocycles. The molecule has 0 atom stereocenters. The van der Waals surface area contributed by atoms with Gasteiger partial charge in [0.05, 0.1) is 6.42 Å². The van der Waals surface area contributed by atoms with Gasteiger partial charge in [-0.15, -0.1) is 0 Å². The third kappa shape index (κ3) is 13.1. The predicted molar refractivity (Wildman–Crippen MR) is 165 cm³/mol. The molecule has 45 heavy (non-hydrogen) atoms. The average Bonchev–Trinajstić information content (AvgIpc) is 3.04. The highest BCUT2D eigenvalue weighted by Gasteiger charge is 2.17. The van der Waals surface area contributed by atoms with Gasteiger partial charge in [0.2, 0.25) is 11.5 Å². The molecule has 0 aliphatic heterocycles. The van der Waals surface area contributed by atoms with Crippen molar-refractivity contribution in [2.45, 2.75) is 6.42 Å². The Morgan fingerprint density at radius 1 is 0.467 bits per heavy atom. The van der Waals surface area contributed by atoms with E-state index in [-0.39, 0.29) is 18.0 Å². The maximum absolute atomic E-state index is 12.7. The highest BCUT2D eigenvalue weighted by Crippen LogP contribution is 2.40. The Bertz CT molecular complexity index is 1120. The molecule has 0 heterocycles. The van der Waals surface area contributed by atoms with E-state index in [2.05, 4.69) is 34.4 Å². The smallest absolute Gasteiger partial charge is 0.203 e. The second-order valence-corrected chi connectivity index (χ2v) is 9.68. The van der Waals surface area contributed by atoms with Crippen LogP contribution in [0.25, 0.3) is 12.2 Å². The Kier molecular flexibility index (Phi) is 17.7. The Balaban J connectivity index is 2.23. The first kappa shape index (κ1) is 37.0. The van der Waals surface area contributed by atoms with Crippen molar-refractivity contribution in [3.8, 4) is 34.5 Å². The van der Waals surface area contributed by atoms with E-state index in [4.69, 9.17) is 28.4 Å². The number of carbonyl (C=O) groups excluding carboxylic acids is 2. The quantitative estimate of drug-likeness (QED) is 0.0484. The molecule has 18 N–H and O–H groups in total. The fraction of sp³-hybridized carbons (Fsp3) is 0.419. The molecule has 2 aromatic carbocycles. The largest absolute Gasteiger partial charge is 0.484 e. The third-order valence-electron chi connectivity index (χ3n) is 5.75. The molecule has 248 valence electrons. The lowest BCUT2D eigenvalue weighted by atomic mass is 10.1. The molecule has 0 saturated heterocycles. The van der Waals surface area contributed by atoms with Crippen molar-refractivity contribution >= 4 is 23.7 Å². The highest BCUT2D eigenvalue weighted by molar-refractivity contribution is 6.11. The van der Waals surface area contributed by atoms with Gasteiger partial charge in [-0.3, -0.25) is 9.59 Å². The molecule has 14 nitrogen and oxygen atoms in total. The lowest BCUT2D eigenvalue weighted by molar-refractivity contribution is -0.372. The molecule has 0 radical (unpaired) electrons. The standard InChI is InChI=1S/C31H46N6O8/c32-5-11-40-26-17-22(18-27(41-12-6-33)30(26)44-15-9-36)1-3-24(38)21-25(39)4-2-23-19-28(42-13-7-34)31(45-16-10-37)29(20-23)43-14-8-35/h1-4,17-20H,5-16,21,32-37H2/p+6/b3-1+,4-2+. The minimum absolute atomic E-state index is 0.312. The van der Waals surface area contributed by atoms with Crippen molar-refractivity contribution in [1.82, 2.24) is 0 Å². The summed E-state index contributed by atoms with van der Waals surface area (Å²) in [6.45, 7) is 5.63. The second kappa shape index (κ2) is 21.5. The zero-order valence-corrected chi connectivity index (χ0v) is 26.3. The van der Waals surface area contributed by atoms with Gasteiger partial charge in [-0.1, -0.05) is 12.2 Å². The van der Waals surface area contributed by atoms with E-state index >= 15 is 0 Å². The molecular formula is C31H52N6O8+6. The van der Waals surface area contributed by atoms with Crippen LogP contribution >= 0.6 is 0 Å². The van der Waals surface area contributed by atoms with E-state index in [1.807, 2.05) is 0 Å². The Hall–Kier alpha value is -4.18. The van der Waals surface area contributed by atoms with Crippen LogP contribution in [0.15, 0.2) is 36.4 Å². The van der Waals surface area contributed by atoms with Gasteiger partial charge in [-0.25, -0.2) is 0 Å². The number of quaternary nitrogens is 6. The highest BCUT2D eigenvalue weighted by atomic mass is 16.5. The number of carbonyl (C=O) groups is 2. The number of hydrogen-bond donors (Lipinski definition) is 6. The molecule has 0 aliphatic rings. The monoisotopic (exact) mass is 636 g/mol. The van der Waals surface area contributed by atoms with Crippen LogP contribution in [0.2, 0.25) is 0 Å². The summed E-state index contributed by atoms with van der Waals surface area (Å²) in [5.41, 5.74) is 24.2. The summed E-state index contributed by atoms with van der Waals surface area (Å²) < 4.78 is 35.1. The molecule has 14 heteroatoms. The van der Waals surface area contributed by atoms with Crippen molar-refractivity contribution in [3.63, 3.8) is 0 Å². The molecule has 0 fully saturated rings. The van der Waals surface area contributed by atoms with E-state index in [9.17, 15) is 9.59 Å². The number of hydrogen-bond acceptors (Lipinski definition) is 8. The van der Waals surface area contributed by atoms with Gasteiger partial charge in [-0.05, 0) is 47.5 Å². The predicted octanol–water partition coefficient (Wildman–Crippen LogP) is -4.33. The maximum Gasteiger partial charge on any atom is 0.203 e. The average molecular weight is 637 g/mol. The number of allylic oxidation sites excluding steroid dienone is 2. The van der Waals surface area contributed by atoms with E-state index in [1.54, 1.807) is 36.4 Å². The van der Waals surface area contributed by atoms with Crippen LogP contribution < -0.4 is 62.8 Å². The van der Waals surface area contributed by atoms with E-state index in [0.29, 0.717) is 125 Å². The van der Waals surface area contributed by atoms with Crippen LogP contribution in [0.1, 0.15) is 17.5 Å². The minimum Gasteiger partial charge on any atom is -0.484 e. The second-order valence-electron chi connectivity index (χ2n) is 9.68. The van der Waals surface area contributed by atoms with E-state index < -0.39 is 0 Å². The van der Waals surface area contributed by atoms with Crippen molar-refractivity contribution in [1.29, 1.82) is 0 Å². The van der Waals surface area contributed by atoms with Gasteiger partial charge in [0.25, 0.3) is 0 Å². The Morgan fingerprint density at radius 2 is 0.733 bits per heavy atom. The van der Waals surface area contributed by atoms with Crippen LogP contribution in [0, 0.1) is 0 Å². The fourth-order valence-electron chi connectivity index (χ4n) is 3.84. The normalized spacial score (nSPS) is 11.2. The van der Waals surface area contributed by atoms with Gasteiger partial charge in [0.15, 0.2) is 34.6 Å². The third-order valence-corrected chi connectivity index (χ3v) is 5.75. The Morgan fingerprint density at radius 3 is 1.00 bits per heavy atom. The first-order valence-corrected chi connectivity index (χ1v) is 15.2. The summed E-state index contributed by atoms with van der Waals surface area (Å²) in [6.07, 6.45) is 5.63. The van der Waals surface area contributed by atoms with Crippen LogP contribution in [0.5, 0.6) is 34.5 Å². The summed E-state index contributed by atoms with van der Waals surface area (Å²) in [5, 5.41) is 0. The van der Waals surface area contributed by atoms with Crippen molar-refractivity contribution in [3.05, 3.63) is 47.5 Å². The topological polar surface area (TPSA) is 255 Å².